The van der Waals surface area contributed by atoms with Crippen molar-refractivity contribution in [2.45, 2.75) is 40.2 Å². The predicted molar refractivity (Wildman–Crippen MR) is 82.3 cm³/mol. The first-order valence-electron chi connectivity index (χ1n) is 6.02. The minimum Gasteiger partial charge on any atom is -0.310 e. The van der Waals surface area contributed by atoms with Gasteiger partial charge in [0.25, 0.3) is 0 Å². The minimum absolute atomic E-state index is 0.314. The summed E-state index contributed by atoms with van der Waals surface area (Å²) >= 11 is 7.19. The highest BCUT2D eigenvalue weighted by Crippen LogP contribution is 2.34. The van der Waals surface area contributed by atoms with Gasteiger partial charge in [-0.3, -0.25) is 0 Å². The Balaban J connectivity index is 3.00. The molecule has 0 aromatic heterocycles. The monoisotopic (exact) mass is 361 g/mol. The van der Waals surface area contributed by atoms with Crippen molar-refractivity contribution in [3.63, 3.8) is 0 Å². The molecular weight excluding hydrogens is 342 g/mol. The standard InChI is InChI=1S/C14H21Br2N/c1-5-17-13(9-14(2,3)4)11-8-10(15)6-7-12(11)16/h6-8,13,17H,5,9H2,1-4H3. The number of hydrogen-bond acceptors (Lipinski definition) is 1. The molecule has 0 spiro atoms. The lowest BCUT2D eigenvalue weighted by molar-refractivity contribution is 0.313. The van der Waals surface area contributed by atoms with Crippen molar-refractivity contribution in [3.8, 4) is 0 Å². The molecule has 0 aliphatic heterocycles. The number of hydrogen-bond donors (Lipinski definition) is 1. The van der Waals surface area contributed by atoms with Gasteiger partial charge in [-0.05, 0) is 42.1 Å². The average Bonchev–Trinajstić information content (AvgIpc) is 2.19. The summed E-state index contributed by atoms with van der Waals surface area (Å²) in [7, 11) is 0. The van der Waals surface area contributed by atoms with Crippen molar-refractivity contribution in [2.24, 2.45) is 5.41 Å². The maximum atomic E-state index is 3.65. The first-order chi connectivity index (χ1) is 7.83. The number of rotatable bonds is 4. The smallest absolute Gasteiger partial charge is 0.0336 e. The van der Waals surface area contributed by atoms with E-state index >= 15 is 0 Å². The summed E-state index contributed by atoms with van der Waals surface area (Å²) in [4.78, 5) is 0. The van der Waals surface area contributed by atoms with Crippen LogP contribution in [0.3, 0.4) is 0 Å². The zero-order valence-corrected chi connectivity index (χ0v) is 14.2. The van der Waals surface area contributed by atoms with Gasteiger partial charge in [0.05, 0.1) is 0 Å². The molecule has 1 aromatic rings. The lowest BCUT2D eigenvalue weighted by Crippen LogP contribution is -2.25. The fraction of sp³-hybridized carbons (Fsp3) is 0.571. The Kier molecular flexibility index (Phi) is 5.68. The number of benzene rings is 1. The van der Waals surface area contributed by atoms with Gasteiger partial charge in [-0.2, -0.15) is 0 Å². The molecule has 0 saturated heterocycles. The molecule has 0 aliphatic carbocycles. The second kappa shape index (κ2) is 6.35. The van der Waals surface area contributed by atoms with E-state index in [1.54, 1.807) is 0 Å². The fourth-order valence-electron chi connectivity index (χ4n) is 1.93. The molecule has 0 aliphatic rings. The van der Waals surface area contributed by atoms with Gasteiger partial charge in [0.2, 0.25) is 0 Å². The van der Waals surface area contributed by atoms with Gasteiger partial charge in [-0.1, -0.05) is 59.6 Å². The fourth-order valence-corrected chi connectivity index (χ4v) is 2.83. The van der Waals surface area contributed by atoms with E-state index in [4.69, 9.17) is 0 Å². The summed E-state index contributed by atoms with van der Waals surface area (Å²) in [6.07, 6.45) is 1.12. The van der Waals surface area contributed by atoms with E-state index in [2.05, 4.69) is 83.1 Å². The van der Waals surface area contributed by atoms with Crippen LogP contribution < -0.4 is 5.32 Å². The van der Waals surface area contributed by atoms with Gasteiger partial charge in [0, 0.05) is 15.0 Å². The van der Waals surface area contributed by atoms with E-state index in [1.807, 2.05) is 0 Å². The SMILES string of the molecule is CCNC(CC(C)(C)C)c1cc(Br)ccc1Br. The topological polar surface area (TPSA) is 12.0 Å². The molecule has 1 aromatic carbocycles. The van der Waals surface area contributed by atoms with Crippen molar-refractivity contribution in [1.29, 1.82) is 0 Å². The summed E-state index contributed by atoms with van der Waals surface area (Å²) in [6, 6.07) is 6.76. The molecule has 96 valence electrons. The lowest BCUT2D eigenvalue weighted by Gasteiger charge is -2.27. The van der Waals surface area contributed by atoms with Crippen molar-refractivity contribution in [2.75, 3.05) is 6.54 Å². The molecule has 0 amide bonds. The minimum atomic E-state index is 0.314. The molecule has 3 heteroatoms. The largest absolute Gasteiger partial charge is 0.310 e. The average molecular weight is 363 g/mol. The van der Waals surface area contributed by atoms with E-state index in [0.717, 1.165) is 17.4 Å². The van der Waals surface area contributed by atoms with E-state index in [1.165, 1.54) is 10.0 Å². The van der Waals surface area contributed by atoms with Crippen molar-refractivity contribution < 1.29 is 0 Å². The van der Waals surface area contributed by atoms with Crippen LogP contribution in [0.2, 0.25) is 0 Å². The Bertz CT molecular complexity index is 369. The summed E-state index contributed by atoms with van der Waals surface area (Å²) in [5.41, 5.74) is 1.64. The van der Waals surface area contributed by atoms with Crippen LogP contribution in [0.15, 0.2) is 27.1 Å². The van der Waals surface area contributed by atoms with Gasteiger partial charge < -0.3 is 5.32 Å². The summed E-state index contributed by atoms with van der Waals surface area (Å²) < 4.78 is 2.31. The summed E-state index contributed by atoms with van der Waals surface area (Å²) in [5, 5.41) is 3.57. The number of nitrogens with one attached hydrogen (secondary N) is 1. The van der Waals surface area contributed by atoms with Crippen LogP contribution >= 0.6 is 31.9 Å². The Labute approximate surface area is 122 Å². The third-order valence-electron chi connectivity index (χ3n) is 2.60. The van der Waals surface area contributed by atoms with Crippen LogP contribution in [0.5, 0.6) is 0 Å². The van der Waals surface area contributed by atoms with Crippen molar-refractivity contribution in [1.82, 2.24) is 5.32 Å². The molecule has 1 rings (SSSR count). The molecular formula is C14H21Br2N. The summed E-state index contributed by atoms with van der Waals surface area (Å²) in [5.74, 6) is 0. The van der Waals surface area contributed by atoms with Crippen molar-refractivity contribution in [3.05, 3.63) is 32.7 Å². The second-order valence-corrected chi connectivity index (χ2v) is 7.31. The Morgan fingerprint density at radius 3 is 2.41 bits per heavy atom. The molecule has 1 atom stereocenters. The van der Waals surface area contributed by atoms with Gasteiger partial charge in [0.1, 0.15) is 0 Å². The quantitative estimate of drug-likeness (QED) is 0.766. The highest BCUT2D eigenvalue weighted by Gasteiger charge is 2.21. The molecule has 17 heavy (non-hydrogen) atoms. The van der Waals surface area contributed by atoms with Crippen LogP contribution in [0.1, 0.15) is 45.7 Å². The van der Waals surface area contributed by atoms with Crippen LogP contribution in [-0.2, 0) is 0 Å². The van der Waals surface area contributed by atoms with E-state index in [9.17, 15) is 0 Å². The molecule has 0 radical (unpaired) electrons. The molecule has 1 N–H and O–H groups in total. The third kappa shape index (κ3) is 5.11. The first kappa shape index (κ1) is 15.2. The Hall–Kier alpha value is 0.140. The lowest BCUT2D eigenvalue weighted by atomic mass is 9.85. The highest BCUT2D eigenvalue weighted by atomic mass is 79.9. The second-order valence-electron chi connectivity index (χ2n) is 5.54. The highest BCUT2D eigenvalue weighted by molar-refractivity contribution is 9.11. The zero-order valence-electron chi connectivity index (χ0n) is 11.0. The molecule has 1 nitrogen and oxygen atoms in total. The van der Waals surface area contributed by atoms with Crippen molar-refractivity contribution >= 4 is 31.9 Å². The maximum Gasteiger partial charge on any atom is 0.0336 e. The normalized spacial score (nSPS) is 13.8. The van der Waals surface area contributed by atoms with Crippen LogP contribution in [0.25, 0.3) is 0 Å². The Morgan fingerprint density at radius 1 is 1.24 bits per heavy atom. The predicted octanol–water partition coefficient (Wildman–Crippen LogP) is 5.30. The summed E-state index contributed by atoms with van der Waals surface area (Å²) in [6.45, 7) is 9.98. The molecule has 0 bridgehead atoms. The molecule has 1 unspecified atom stereocenters. The molecule has 0 heterocycles. The Morgan fingerprint density at radius 2 is 1.88 bits per heavy atom. The van der Waals surface area contributed by atoms with Crippen LogP contribution in [0.4, 0.5) is 0 Å². The number of halogens is 2. The van der Waals surface area contributed by atoms with Gasteiger partial charge in [0.15, 0.2) is 0 Å². The molecule has 0 fully saturated rings. The van der Waals surface area contributed by atoms with Gasteiger partial charge in [-0.15, -0.1) is 0 Å². The maximum absolute atomic E-state index is 3.65. The van der Waals surface area contributed by atoms with Gasteiger partial charge in [-0.25, -0.2) is 0 Å². The van der Waals surface area contributed by atoms with E-state index in [0.29, 0.717) is 11.5 Å². The third-order valence-corrected chi connectivity index (χ3v) is 3.82. The molecule has 0 saturated carbocycles. The van der Waals surface area contributed by atoms with E-state index < -0.39 is 0 Å². The van der Waals surface area contributed by atoms with E-state index in [-0.39, 0.29) is 0 Å². The van der Waals surface area contributed by atoms with Crippen LogP contribution in [-0.4, -0.2) is 6.54 Å². The van der Waals surface area contributed by atoms with Gasteiger partial charge >= 0.3 is 0 Å². The van der Waals surface area contributed by atoms with Crippen LogP contribution in [0, 0.1) is 5.41 Å². The first-order valence-corrected chi connectivity index (χ1v) is 7.60. The zero-order chi connectivity index (χ0) is 13.1.